The Kier molecular flexibility index (Phi) is 6.02. The molecule has 0 atom stereocenters. The van der Waals surface area contributed by atoms with Crippen LogP contribution in [0.4, 0.5) is 0 Å². The van der Waals surface area contributed by atoms with Crippen molar-refractivity contribution >= 4 is 5.91 Å². The van der Waals surface area contributed by atoms with E-state index in [1.165, 1.54) is 0 Å². The van der Waals surface area contributed by atoms with Crippen LogP contribution in [0.15, 0.2) is 30.3 Å². The van der Waals surface area contributed by atoms with Gasteiger partial charge in [0.15, 0.2) is 0 Å². The first-order valence-electron chi connectivity index (χ1n) is 7.32. The van der Waals surface area contributed by atoms with Gasteiger partial charge in [-0.05, 0) is 31.5 Å². The summed E-state index contributed by atoms with van der Waals surface area (Å²) in [5.74, 6) is 0.359. The van der Waals surface area contributed by atoms with E-state index >= 15 is 0 Å². The summed E-state index contributed by atoms with van der Waals surface area (Å²) in [6, 6.07) is 10.0. The van der Waals surface area contributed by atoms with Crippen LogP contribution in [0.1, 0.15) is 18.4 Å². The first-order chi connectivity index (χ1) is 9.79. The number of ether oxygens (including phenoxy) is 1. The highest BCUT2D eigenvalue weighted by Gasteiger charge is 2.24. The van der Waals surface area contributed by atoms with E-state index in [1.54, 1.807) is 7.11 Å². The molecule has 0 unspecified atom stereocenters. The van der Waals surface area contributed by atoms with E-state index in [1.807, 2.05) is 30.3 Å². The number of nitrogens with zero attached hydrogens (tertiary/aromatic N) is 1. The highest BCUT2D eigenvalue weighted by atomic mass is 16.5. The number of rotatable bonds is 6. The smallest absolute Gasteiger partial charge is 0.223 e. The zero-order valence-corrected chi connectivity index (χ0v) is 12.2. The van der Waals surface area contributed by atoms with Gasteiger partial charge in [0.25, 0.3) is 0 Å². The highest BCUT2D eigenvalue weighted by Crippen LogP contribution is 2.17. The Hall–Kier alpha value is -1.39. The van der Waals surface area contributed by atoms with Crippen LogP contribution >= 0.6 is 0 Å². The molecule has 110 valence electrons. The molecule has 2 rings (SSSR count). The van der Waals surface area contributed by atoms with E-state index in [4.69, 9.17) is 4.74 Å². The number of carbonyl (C=O) groups excluding carboxylic acids is 1. The number of benzene rings is 1. The Bertz CT molecular complexity index is 400. The molecule has 1 N–H and O–H groups in total. The quantitative estimate of drug-likeness (QED) is 0.859. The van der Waals surface area contributed by atoms with Crippen molar-refractivity contribution in [2.45, 2.75) is 19.4 Å². The molecule has 1 fully saturated rings. The molecule has 1 aromatic rings. The minimum Gasteiger partial charge on any atom is -0.383 e. The van der Waals surface area contributed by atoms with Gasteiger partial charge < -0.3 is 15.0 Å². The molecule has 20 heavy (non-hydrogen) atoms. The molecule has 0 aliphatic carbocycles. The van der Waals surface area contributed by atoms with Crippen LogP contribution < -0.4 is 5.32 Å². The van der Waals surface area contributed by atoms with Crippen molar-refractivity contribution in [3.63, 3.8) is 0 Å². The Labute approximate surface area is 121 Å². The van der Waals surface area contributed by atoms with Crippen molar-refractivity contribution in [2.24, 2.45) is 5.92 Å². The van der Waals surface area contributed by atoms with Gasteiger partial charge in [-0.15, -0.1) is 0 Å². The molecule has 1 amide bonds. The molecular formula is C16H24N2O2. The van der Waals surface area contributed by atoms with Crippen LogP contribution in [0, 0.1) is 5.92 Å². The van der Waals surface area contributed by atoms with Crippen molar-refractivity contribution in [2.75, 3.05) is 33.4 Å². The van der Waals surface area contributed by atoms with E-state index in [-0.39, 0.29) is 11.8 Å². The Morgan fingerprint density at radius 3 is 2.65 bits per heavy atom. The van der Waals surface area contributed by atoms with E-state index in [9.17, 15) is 4.79 Å². The maximum atomic E-state index is 12.1. The molecule has 0 saturated carbocycles. The lowest BCUT2D eigenvalue weighted by Gasteiger charge is -2.31. The summed E-state index contributed by atoms with van der Waals surface area (Å²) >= 11 is 0. The molecule has 0 bridgehead atoms. The summed E-state index contributed by atoms with van der Waals surface area (Å²) in [6.07, 6.45) is 1.90. The molecule has 4 nitrogen and oxygen atoms in total. The number of amides is 1. The summed E-state index contributed by atoms with van der Waals surface area (Å²) < 4.78 is 5.09. The normalized spacial score (nSPS) is 17.1. The Morgan fingerprint density at radius 2 is 2.00 bits per heavy atom. The SMILES string of the molecule is COCCN1CCC(C(=O)NCc2ccccc2)CC1. The van der Waals surface area contributed by atoms with Gasteiger partial charge in [-0.2, -0.15) is 0 Å². The molecule has 0 aromatic heterocycles. The molecule has 1 aromatic carbocycles. The fourth-order valence-electron chi connectivity index (χ4n) is 2.57. The monoisotopic (exact) mass is 276 g/mol. The molecular weight excluding hydrogens is 252 g/mol. The number of carbonyl (C=O) groups is 1. The summed E-state index contributed by atoms with van der Waals surface area (Å²) in [5, 5.41) is 3.04. The highest BCUT2D eigenvalue weighted by molar-refractivity contribution is 5.78. The van der Waals surface area contributed by atoms with Crippen LogP contribution in [-0.4, -0.2) is 44.2 Å². The zero-order chi connectivity index (χ0) is 14.2. The van der Waals surface area contributed by atoms with E-state index in [0.717, 1.165) is 44.6 Å². The van der Waals surface area contributed by atoms with Gasteiger partial charge in [0.2, 0.25) is 5.91 Å². The van der Waals surface area contributed by atoms with Crippen LogP contribution in [0.3, 0.4) is 0 Å². The number of hydrogen-bond acceptors (Lipinski definition) is 3. The van der Waals surface area contributed by atoms with E-state index in [2.05, 4.69) is 10.2 Å². The van der Waals surface area contributed by atoms with Crippen molar-refractivity contribution in [1.29, 1.82) is 0 Å². The van der Waals surface area contributed by atoms with Gasteiger partial charge >= 0.3 is 0 Å². The van der Waals surface area contributed by atoms with E-state index in [0.29, 0.717) is 6.54 Å². The van der Waals surface area contributed by atoms with Crippen molar-refractivity contribution in [3.8, 4) is 0 Å². The third-order valence-corrected chi connectivity index (χ3v) is 3.88. The number of piperidine rings is 1. The third kappa shape index (κ3) is 4.62. The summed E-state index contributed by atoms with van der Waals surface area (Å²) in [6.45, 7) is 4.35. The van der Waals surface area contributed by atoms with Gasteiger partial charge in [0, 0.05) is 26.1 Å². The second-order valence-corrected chi connectivity index (χ2v) is 5.31. The van der Waals surface area contributed by atoms with Crippen LogP contribution in [0.25, 0.3) is 0 Å². The van der Waals surface area contributed by atoms with Crippen molar-refractivity contribution in [3.05, 3.63) is 35.9 Å². The van der Waals surface area contributed by atoms with Gasteiger partial charge in [0.1, 0.15) is 0 Å². The topological polar surface area (TPSA) is 41.6 Å². The zero-order valence-electron chi connectivity index (χ0n) is 12.2. The molecule has 4 heteroatoms. The van der Waals surface area contributed by atoms with Gasteiger partial charge in [0.05, 0.1) is 6.61 Å². The molecule has 0 radical (unpaired) electrons. The number of likely N-dealkylation sites (tertiary alicyclic amines) is 1. The predicted molar refractivity (Wildman–Crippen MR) is 79.3 cm³/mol. The maximum absolute atomic E-state index is 12.1. The first-order valence-corrected chi connectivity index (χ1v) is 7.32. The molecule has 1 aliphatic heterocycles. The van der Waals surface area contributed by atoms with Crippen LogP contribution in [-0.2, 0) is 16.1 Å². The van der Waals surface area contributed by atoms with Gasteiger partial charge in [-0.25, -0.2) is 0 Å². The first kappa shape index (κ1) is 15.0. The summed E-state index contributed by atoms with van der Waals surface area (Å²) in [7, 11) is 1.73. The molecule has 0 spiro atoms. The number of methoxy groups -OCH3 is 1. The van der Waals surface area contributed by atoms with Gasteiger partial charge in [-0.1, -0.05) is 30.3 Å². The van der Waals surface area contributed by atoms with Crippen molar-refractivity contribution in [1.82, 2.24) is 10.2 Å². The third-order valence-electron chi connectivity index (χ3n) is 3.88. The lowest BCUT2D eigenvalue weighted by atomic mass is 9.96. The summed E-state index contributed by atoms with van der Waals surface area (Å²) in [4.78, 5) is 14.5. The van der Waals surface area contributed by atoms with Gasteiger partial charge in [-0.3, -0.25) is 4.79 Å². The average Bonchev–Trinajstić information content (AvgIpc) is 2.52. The lowest BCUT2D eigenvalue weighted by molar-refractivity contribution is -0.126. The average molecular weight is 276 g/mol. The Balaban J connectivity index is 1.69. The minimum absolute atomic E-state index is 0.164. The fourth-order valence-corrected chi connectivity index (χ4v) is 2.57. The lowest BCUT2D eigenvalue weighted by Crippen LogP contribution is -2.41. The minimum atomic E-state index is 0.164. The van der Waals surface area contributed by atoms with Crippen molar-refractivity contribution < 1.29 is 9.53 Å². The standard InChI is InChI=1S/C16H24N2O2/c1-20-12-11-18-9-7-15(8-10-18)16(19)17-13-14-5-3-2-4-6-14/h2-6,15H,7-13H2,1H3,(H,17,19). The summed E-state index contributed by atoms with van der Waals surface area (Å²) in [5.41, 5.74) is 1.15. The number of hydrogen-bond donors (Lipinski definition) is 1. The van der Waals surface area contributed by atoms with Crippen LogP contribution in [0.5, 0.6) is 0 Å². The number of nitrogens with one attached hydrogen (secondary N) is 1. The fraction of sp³-hybridized carbons (Fsp3) is 0.562. The van der Waals surface area contributed by atoms with E-state index < -0.39 is 0 Å². The predicted octanol–water partition coefficient (Wildman–Crippen LogP) is 1.66. The molecule has 1 aliphatic rings. The second-order valence-electron chi connectivity index (χ2n) is 5.31. The maximum Gasteiger partial charge on any atom is 0.223 e. The second kappa shape index (κ2) is 8.02. The Morgan fingerprint density at radius 1 is 1.30 bits per heavy atom. The molecule has 1 heterocycles. The largest absolute Gasteiger partial charge is 0.383 e. The molecule has 1 saturated heterocycles. The van der Waals surface area contributed by atoms with Crippen LogP contribution in [0.2, 0.25) is 0 Å².